The predicted molar refractivity (Wildman–Crippen MR) is 105 cm³/mol. The molecule has 8 heteroatoms. The molecule has 2 N–H and O–H groups in total. The number of halogens is 1. The van der Waals surface area contributed by atoms with Gasteiger partial charge >= 0.3 is 0 Å². The lowest BCUT2D eigenvalue weighted by Crippen LogP contribution is -2.41. The second kappa shape index (κ2) is 10.1. The zero-order chi connectivity index (χ0) is 18.9. The topological polar surface area (TPSA) is 78.5 Å². The van der Waals surface area contributed by atoms with E-state index in [0.717, 1.165) is 9.35 Å². The number of benzene rings is 1. The van der Waals surface area contributed by atoms with Crippen molar-refractivity contribution in [1.82, 2.24) is 15.5 Å². The lowest BCUT2D eigenvalue weighted by Gasteiger charge is -2.16. The van der Waals surface area contributed by atoms with E-state index < -0.39 is 0 Å². The van der Waals surface area contributed by atoms with Crippen LogP contribution in [0.4, 0.5) is 0 Å². The van der Waals surface area contributed by atoms with E-state index in [2.05, 4.69) is 26.6 Å². The average molecular weight is 438 g/mol. The van der Waals surface area contributed by atoms with E-state index in [9.17, 15) is 14.4 Å². The van der Waals surface area contributed by atoms with Gasteiger partial charge in [0.1, 0.15) is 0 Å². The minimum Gasteiger partial charge on any atom is -0.354 e. The predicted octanol–water partition coefficient (Wildman–Crippen LogP) is 2.06. The molecule has 0 spiro atoms. The minimum atomic E-state index is -0.270. The quantitative estimate of drug-likeness (QED) is 0.620. The molecular formula is C18H20BrN3O3S. The zero-order valence-corrected chi connectivity index (χ0v) is 16.7. The summed E-state index contributed by atoms with van der Waals surface area (Å²) in [5.41, 5.74) is 0.939. The number of thiophene rings is 1. The Balaban J connectivity index is 1.64. The van der Waals surface area contributed by atoms with E-state index in [4.69, 9.17) is 0 Å². The first-order valence-corrected chi connectivity index (χ1v) is 9.65. The summed E-state index contributed by atoms with van der Waals surface area (Å²) in [7, 11) is 1.58. The second-order valence-electron chi connectivity index (χ2n) is 5.63. The maximum Gasteiger partial charge on any atom is 0.264 e. The Bertz CT molecular complexity index is 764. The molecule has 6 nitrogen and oxygen atoms in total. The number of nitrogens with one attached hydrogen (secondary N) is 2. The summed E-state index contributed by atoms with van der Waals surface area (Å²) >= 11 is 4.63. The van der Waals surface area contributed by atoms with Crippen LogP contribution in [0.3, 0.4) is 0 Å². The summed E-state index contributed by atoms with van der Waals surface area (Å²) in [5.74, 6) is -0.568. The van der Waals surface area contributed by atoms with Gasteiger partial charge in [0.05, 0.1) is 21.6 Å². The molecule has 2 aromatic rings. The number of carbonyl (C=O) groups is 3. The van der Waals surface area contributed by atoms with E-state index in [0.29, 0.717) is 24.4 Å². The van der Waals surface area contributed by atoms with Crippen LogP contribution in [0.25, 0.3) is 0 Å². The number of hydrogen-bond acceptors (Lipinski definition) is 4. The molecule has 138 valence electrons. The van der Waals surface area contributed by atoms with E-state index in [-0.39, 0.29) is 24.3 Å². The van der Waals surface area contributed by atoms with Crippen molar-refractivity contribution in [2.24, 2.45) is 0 Å². The van der Waals surface area contributed by atoms with Crippen molar-refractivity contribution in [1.29, 1.82) is 0 Å². The molecule has 2 rings (SSSR count). The highest BCUT2D eigenvalue weighted by molar-refractivity contribution is 9.11. The van der Waals surface area contributed by atoms with Gasteiger partial charge in [0, 0.05) is 20.1 Å². The molecule has 3 amide bonds. The molecule has 1 aromatic heterocycles. The van der Waals surface area contributed by atoms with Gasteiger partial charge in [-0.2, -0.15) is 0 Å². The number of carbonyl (C=O) groups excluding carboxylic acids is 3. The van der Waals surface area contributed by atoms with Crippen molar-refractivity contribution in [3.05, 3.63) is 56.7 Å². The van der Waals surface area contributed by atoms with Gasteiger partial charge in [-0.25, -0.2) is 0 Å². The van der Waals surface area contributed by atoms with E-state index >= 15 is 0 Å². The summed E-state index contributed by atoms with van der Waals surface area (Å²) < 4.78 is 0.866. The third kappa shape index (κ3) is 6.61. The van der Waals surface area contributed by atoms with E-state index in [1.165, 1.54) is 16.2 Å². The van der Waals surface area contributed by atoms with Gasteiger partial charge < -0.3 is 15.5 Å². The van der Waals surface area contributed by atoms with Gasteiger partial charge in [-0.3, -0.25) is 14.4 Å². The first kappa shape index (κ1) is 20.1. The SMILES string of the molecule is CN(CC(=O)NCCNC(=O)Cc1ccccc1)C(=O)c1ccc(Br)s1. The summed E-state index contributed by atoms with van der Waals surface area (Å²) in [6, 6.07) is 13.0. The fraction of sp³-hybridized carbons (Fsp3) is 0.278. The van der Waals surface area contributed by atoms with Crippen molar-refractivity contribution in [3.8, 4) is 0 Å². The molecule has 0 aliphatic carbocycles. The molecule has 0 saturated carbocycles. The fourth-order valence-corrected chi connectivity index (χ4v) is 3.59. The van der Waals surface area contributed by atoms with Gasteiger partial charge in [-0.15, -0.1) is 11.3 Å². The maximum atomic E-state index is 12.2. The van der Waals surface area contributed by atoms with Gasteiger partial charge in [-0.05, 0) is 33.6 Å². The Kier molecular flexibility index (Phi) is 7.80. The molecule has 0 aliphatic rings. The highest BCUT2D eigenvalue weighted by Crippen LogP contribution is 2.22. The molecule has 0 saturated heterocycles. The molecule has 26 heavy (non-hydrogen) atoms. The Morgan fingerprint density at radius 2 is 1.65 bits per heavy atom. The molecule has 0 radical (unpaired) electrons. The summed E-state index contributed by atoms with van der Waals surface area (Å²) in [5, 5.41) is 5.44. The highest BCUT2D eigenvalue weighted by atomic mass is 79.9. The van der Waals surface area contributed by atoms with Crippen LogP contribution in [-0.4, -0.2) is 49.3 Å². The molecule has 1 heterocycles. The maximum absolute atomic E-state index is 12.2. The minimum absolute atomic E-state index is 0.0354. The van der Waals surface area contributed by atoms with Gasteiger partial charge in [0.25, 0.3) is 5.91 Å². The molecule has 0 aliphatic heterocycles. The third-order valence-corrected chi connectivity index (χ3v) is 5.10. The van der Waals surface area contributed by atoms with Crippen molar-refractivity contribution < 1.29 is 14.4 Å². The lowest BCUT2D eigenvalue weighted by atomic mass is 10.1. The number of nitrogens with zero attached hydrogens (tertiary/aromatic N) is 1. The van der Waals surface area contributed by atoms with Gasteiger partial charge in [0.2, 0.25) is 11.8 Å². The van der Waals surface area contributed by atoms with Crippen LogP contribution in [-0.2, 0) is 16.0 Å². The normalized spacial score (nSPS) is 10.2. The smallest absolute Gasteiger partial charge is 0.264 e. The first-order valence-electron chi connectivity index (χ1n) is 8.04. The van der Waals surface area contributed by atoms with Crippen LogP contribution in [0, 0.1) is 0 Å². The van der Waals surface area contributed by atoms with E-state index in [1.807, 2.05) is 30.3 Å². The van der Waals surface area contributed by atoms with Crippen LogP contribution < -0.4 is 10.6 Å². The standard InChI is InChI=1S/C18H20BrN3O3S/c1-22(18(25)14-7-8-15(19)26-14)12-17(24)21-10-9-20-16(23)11-13-5-3-2-4-6-13/h2-8H,9-12H2,1H3,(H,20,23)(H,21,24). The largest absolute Gasteiger partial charge is 0.354 e. The molecule has 0 fully saturated rings. The molecule has 0 bridgehead atoms. The summed E-state index contributed by atoms with van der Waals surface area (Å²) in [4.78, 5) is 37.8. The molecular weight excluding hydrogens is 418 g/mol. The number of amides is 3. The van der Waals surface area contributed by atoms with E-state index in [1.54, 1.807) is 19.2 Å². The Morgan fingerprint density at radius 1 is 1.00 bits per heavy atom. The number of hydrogen-bond donors (Lipinski definition) is 2. The van der Waals surface area contributed by atoms with Crippen molar-refractivity contribution >= 4 is 45.0 Å². The van der Waals surface area contributed by atoms with Crippen LogP contribution in [0.2, 0.25) is 0 Å². The number of rotatable bonds is 8. The van der Waals surface area contributed by atoms with Crippen LogP contribution in [0.5, 0.6) is 0 Å². The van der Waals surface area contributed by atoms with Gasteiger partial charge in [0.15, 0.2) is 0 Å². The molecule has 0 unspecified atom stereocenters. The third-order valence-electron chi connectivity index (χ3n) is 3.49. The average Bonchev–Trinajstić information content (AvgIpc) is 3.05. The second-order valence-corrected chi connectivity index (χ2v) is 8.09. The number of likely N-dealkylation sites (N-methyl/N-ethyl adjacent to an activating group) is 1. The summed E-state index contributed by atoms with van der Waals surface area (Å²) in [6.07, 6.45) is 0.308. The van der Waals surface area contributed by atoms with Crippen molar-refractivity contribution in [2.75, 3.05) is 26.7 Å². The van der Waals surface area contributed by atoms with Gasteiger partial charge in [-0.1, -0.05) is 30.3 Å². The first-order chi connectivity index (χ1) is 12.5. The molecule has 1 aromatic carbocycles. The van der Waals surface area contributed by atoms with Crippen LogP contribution >= 0.6 is 27.3 Å². The monoisotopic (exact) mass is 437 g/mol. The van der Waals surface area contributed by atoms with Crippen LogP contribution in [0.1, 0.15) is 15.2 Å². The Hall–Kier alpha value is -2.19. The Labute approximate surface area is 164 Å². The van der Waals surface area contributed by atoms with Crippen molar-refractivity contribution in [2.45, 2.75) is 6.42 Å². The molecule has 0 atom stereocenters. The fourth-order valence-electron chi connectivity index (χ4n) is 2.21. The Morgan fingerprint density at radius 3 is 2.27 bits per heavy atom. The summed E-state index contributed by atoms with van der Waals surface area (Å²) in [6.45, 7) is 0.616. The zero-order valence-electron chi connectivity index (χ0n) is 14.3. The van der Waals surface area contributed by atoms with Crippen LogP contribution in [0.15, 0.2) is 46.3 Å². The highest BCUT2D eigenvalue weighted by Gasteiger charge is 2.16. The van der Waals surface area contributed by atoms with Crippen molar-refractivity contribution in [3.63, 3.8) is 0 Å². The lowest BCUT2D eigenvalue weighted by molar-refractivity contribution is -0.122.